The zero-order valence-corrected chi connectivity index (χ0v) is 18.1. The number of carbonyl (C=O) groups excluding carboxylic acids is 1. The van der Waals surface area contributed by atoms with Gasteiger partial charge in [0.15, 0.2) is 11.6 Å². The Morgan fingerprint density at radius 2 is 1.90 bits per heavy atom. The molecule has 2 fully saturated rings. The molecule has 0 spiro atoms. The van der Waals surface area contributed by atoms with E-state index in [0.29, 0.717) is 33.8 Å². The molecule has 31 heavy (non-hydrogen) atoms. The Kier molecular flexibility index (Phi) is 7.00. The molecular weight excluding hydrogens is 414 g/mol. The van der Waals surface area contributed by atoms with Crippen molar-refractivity contribution in [3.8, 4) is 17.6 Å². The molecule has 2 aliphatic rings. The number of nitriles is 1. The van der Waals surface area contributed by atoms with Crippen LogP contribution in [0, 0.1) is 17.2 Å². The van der Waals surface area contributed by atoms with E-state index in [1.807, 2.05) is 12.1 Å². The van der Waals surface area contributed by atoms with E-state index in [9.17, 15) is 4.79 Å². The van der Waals surface area contributed by atoms with Crippen LogP contribution in [0.25, 0.3) is 0 Å². The summed E-state index contributed by atoms with van der Waals surface area (Å²) in [5.74, 6) is 1.48. The molecular formula is C23H26ClN5O2. The lowest BCUT2D eigenvalue weighted by Gasteiger charge is -2.23. The number of carbonyl (C=O) groups is 1. The summed E-state index contributed by atoms with van der Waals surface area (Å²) in [5.41, 5.74) is 1.23. The van der Waals surface area contributed by atoms with E-state index in [2.05, 4.69) is 20.8 Å². The summed E-state index contributed by atoms with van der Waals surface area (Å²) in [7, 11) is 0. The number of anilines is 1. The third kappa shape index (κ3) is 5.33. The van der Waals surface area contributed by atoms with Crippen molar-refractivity contribution < 1.29 is 9.53 Å². The molecule has 1 amide bonds. The Morgan fingerprint density at radius 1 is 1.13 bits per heavy atom. The fraction of sp³-hybridized carbons (Fsp3) is 0.478. The van der Waals surface area contributed by atoms with E-state index in [-0.39, 0.29) is 11.8 Å². The number of hydrogen-bond donors (Lipinski definition) is 2. The van der Waals surface area contributed by atoms with Crippen molar-refractivity contribution in [2.75, 3.05) is 18.4 Å². The standard InChI is InChI=1S/C23H26ClN5O2/c24-19-12-18(7-6-17(19)14-25)31-21-13-20(15-8-10-26-11-9-15)28-29-22(21)27-23(30)16-4-2-1-3-5-16/h6-7,12-13,15-16,26H,1-5,8-11H2,(H,27,29,30). The molecule has 2 N–H and O–H groups in total. The van der Waals surface area contributed by atoms with Crippen molar-refractivity contribution in [3.63, 3.8) is 0 Å². The predicted molar refractivity (Wildman–Crippen MR) is 118 cm³/mol. The van der Waals surface area contributed by atoms with Crippen LogP contribution >= 0.6 is 11.6 Å². The zero-order chi connectivity index (χ0) is 21.6. The third-order valence-electron chi connectivity index (χ3n) is 6.04. The van der Waals surface area contributed by atoms with Gasteiger partial charge in [-0.1, -0.05) is 30.9 Å². The minimum Gasteiger partial charge on any atom is -0.453 e. The topological polar surface area (TPSA) is 99.9 Å². The maximum Gasteiger partial charge on any atom is 0.228 e. The van der Waals surface area contributed by atoms with Crippen LogP contribution in [0.5, 0.6) is 11.5 Å². The first-order valence-electron chi connectivity index (χ1n) is 10.9. The summed E-state index contributed by atoms with van der Waals surface area (Å²) < 4.78 is 6.08. The van der Waals surface area contributed by atoms with E-state index in [4.69, 9.17) is 21.6 Å². The normalized spacial score (nSPS) is 17.7. The number of nitrogens with zero attached hydrogens (tertiary/aromatic N) is 3. The molecule has 162 valence electrons. The van der Waals surface area contributed by atoms with Gasteiger partial charge in [-0.05, 0) is 50.9 Å². The average molecular weight is 440 g/mol. The first-order chi connectivity index (χ1) is 15.1. The van der Waals surface area contributed by atoms with E-state index >= 15 is 0 Å². The fourth-order valence-corrected chi connectivity index (χ4v) is 4.44. The van der Waals surface area contributed by atoms with Crippen LogP contribution in [0.4, 0.5) is 5.82 Å². The molecule has 1 aromatic carbocycles. The summed E-state index contributed by atoms with van der Waals surface area (Å²) in [6, 6.07) is 8.79. The maximum absolute atomic E-state index is 12.8. The van der Waals surface area contributed by atoms with Crippen molar-refractivity contribution in [3.05, 3.63) is 40.5 Å². The van der Waals surface area contributed by atoms with E-state index in [1.165, 1.54) is 6.42 Å². The highest BCUT2D eigenvalue weighted by molar-refractivity contribution is 6.31. The molecule has 2 heterocycles. The molecule has 0 atom stereocenters. The Labute approximate surface area is 187 Å². The Hall–Kier alpha value is -2.69. The Balaban J connectivity index is 1.60. The molecule has 4 rings (SSSR count). The Morgan fingerprint density at radius 3 is 2.61 bits per heavy atom. The summed E-state index contributed by atoms with van der Waals surface area (Å²) >= 11 is 6.17. The lowest BCUT2D eigenvalue weighted by Crippen LogP contribution is -2.28. The molecule has 0 unspecified atom stereocenters. The Bertz CT molecular complexity index is 978. The number of nitrogens with one attached hydrogen (secondary N) is 2. The second-order valence-corrected chi connectivity index (χ2v) is 8.59. The number of rotatable bonds is 5. The highest BCUT2D eigenvalue weighted by Crippen LogP contribution is 2.34. The van der Waals surface area contributed by atoms with Gasteiger partial charge in [0.25, 0.3) is 0 Å². The minimum absolute atomic E-state index is 0.00291. The lowest BCUT2D eigenvalue weighted by atomic mass is 9.89. The lowest BCUT2D eigenvalue weighted by molar-refractivity contribution is -0.120. The molecule has 1 saturated carbocycles. The number of piperidine rings is 1. The van der Waals surface area contributed by atoms with Gasteiger partial charge in [0.05, 0.1) is 16.3 Å². The van der Waals surface area contributed by atoms with Gasteiger partial charge in [0, 0.05) is 24.0 Å². The van der Waals surface area contributed by atoms with Crippen molar-refractivity contribution in [1.29, 1.82) is 5.26 Å². The van der Waals surface area contributed by atoms with Crippen LogP contribution in [0.1, 0.15) is 62.1 Å². The van der Waals surface area contributed by atoms with Gasteiger partial charge >= 0.3 is 0 Å². The van der Waals surface area contributed by atoms with Gasteiger partial charge in [0.2, 0.25) is 5.91 Å². The van der Waals surface area contributed by atoms with Crippen LogP contribution in [0.15, 0.2) is 24.3 Å². The van der Waals surface area contributed by atoms with Crippen LogP contribution in [-0.4, -0.2) is 29.2 Å². The number of benzene rings is 1. The van der Waals surface area contributed by atoms with Crippen molar-refractivity contribution >= 4 is 23.3 Å². The SMILES string of the molecule is N#Cc1ccc(Oc2cc(C3CCNCC3)nnc2NC(=O)C2CCCCC2)cc1Cl. The van der Waals surface area contributed by atoms with Gasteiger partial charge in [-0.15, -0.1) is 5.10 Å². The van der Waals surface area contributed by atoms with Gasteiger partial charge < -0.3 is 15.4 Å². The molecule has 7 nitrogen and oxygen atoms in total. The highest BCUT2D eigenvalue weighted by Gasteiger charge is 2.24. The smallest absolute Gasteiger partial charge is 0.228 e. The summed E-state index contributed by atoms with van der Waals surface area (Å²) in [5, 5.41) is 24.4. The largest absolute Gasteiger partial charge is 0.453 e. The first-order valence-corrected chi connectivity index (χ1v) is 11.3. The van der Waals surface area contributed by atoms with Crippen LogP contribution < -0.4 is 15.4 Å². The molecule has 1 aliphatic heterocycles. The molecule has 1 aliphatic carbocycles. The fourth-order valence-electron chi connectivity index (χ4n) is 4.23. The van der Waals surface area contributed by atoms with Crippen molar-refractivity contribution in [1.82, 2.24) is 15.5 Å². The number of hydrogen-bond acceptors (Lipinski definition) is 6. The molecule has 2 aromatic rings. The number of aromatic nitrogens is 2. The van der Waals surface area contributed by atoms with Crippen LogP contribution in [0.3, 0.4) is 0 Å². The van der Waals surface area contributed by atoms with Gasteiger partial charge in [0.1, 0.15) is 11.8 Å². The number of halogens is 1. The first kappa shape index (κ1) is 21.5. The summed E-state index contributed by atoms with van der Waals surface area (Å²) in [6.07, 6.45) is 7.08. The molecule has 0 bridgehead atoms. The monoisotopic (exact) mass is 439 g/mol. The predicted octanol–water partition coefficient (Wildman–Crippen LogP) is 4.78. The van der Waals surface area contributed by atoms with Crippen LogP contribution in [-0.2, 0) is 4.79 Å². The average Bonchev–Trinajstić information content (AvgIpc) is 2.81. The van der Waals surface area contributed by atoms with Gasteiger partial charge in [-0.25, -0.2) is 0 Å². The molecule has 8 heteroatoms. The van der Waals surface area contributed by atoms with Gasteiger partial charge in [-0.3, -0.25) is 4.79 Å². The van der Waals surface area contributed by atoms with E-state index in [0.717, 1.165) is 57.3 Å². The van der Waals surface area contributed by atoms with Crippen molar-refractivity contribution in [2.24, 2.45) is 5.92 Å². The molecule has 1 aromatic heterocycles. The highest BCUT2D eigenvalue weighted by atomic mass is 35.5. The maximum atomic E-state index is 12.8. The van der Waals surface area contributed by atoms with Gasteiger partial charge in [-0.2, -0.15) is 10.4 Å². The summed E-state index contributed by atoms with van der Waals surface area (Å²) in [4.78, 5) is 12.8. The second kappa shape index (κ2) is 10.1. The number of ether oxygens (including phenoxy) is 1. The van der Waals surface area contributed by atoms with E-state index in [1.54, 1.807) is 18.2 Å². The quantitative estimate of drug-likeness (QED) is 0.695. The summed E-state index contributed by atoms with van der Waals surface area (Å²) in [6.45, 7) is 1.88. The van der Waals surface area contributed by atoms with Crippen molar-refractivity contribution in [2.45, 2.75) is 50.9 Å². The second-order valence-electron chi connectivity index (χ2n) is 8.19. The minimum atomic E-state index is -0.0358. The van der Waals surface area contributed by atoms with E-state index < -0.39 is 0 Å². The third-order valence-corrected chi connectivity index (χ3v) is 6.35. The number of amides is 1. The molecule has 0 radical (unpaired) electrons. The molecule has 1 saturated heterocycles. The zero-order valence-electron chi connectivity index (χ0n) is 17.4. The van der Waals surface area contributed by atoms with Crippen LogP contribution in [0.2, 0.25) is 5.02 Å².